The molecule has 1 heterocycles. The van der Waals surface area contributed by atoms with Gasteiger partial charge < -0.3 is 9.90 Å². The summed E-state index contributed by atoms with van der Waals surface area (Å²) in [5.74, 6) is -1.08. The summed E-state index contributed by atoms with van der Waals surface area (Å²) in [6, 6.07) is 4.26. The zero-order chi connectivity index (χ0) is 13.1. The molecule has 0 aromatic carbocycles. The van der Waals surface area contributed by atoms with E-state index in [1.165, 1.54) is 37.8 Å². The van der Waals surface area contributed by atoms with Crippen molar-refractivity contribution in [2.75, 3.05) is 0 Å². The van der Waals surface area contributed by atoms with Crippen molar-refractivity contribution in [3.63, 3.8) is 0 Å². The highest BCUT2D eigenvalue weighted by Crippen LogP contribution is 1.98. The van der Waals surface area contributed by atoms with E-state index in [0.29, 0.717) is 0 Å². The van der Waals surface area contributed by atoms with Crippen LogP contribution in [0.5, 0.6) is 0 Å². The number of aromatic nitrogens is 1. The van der Waals surface area contributed by atoms with Gasteiger partial charge in [-0.25, -0.2) is 4.57 Å². The van der Waals surface area contributed by atoms with Crippen LogP contribution in [0.25, 0.3) is 0 Å². The van der Waals surface area contributed by atoms with Gasteiger partial charge in [0.2, 0.25) is 0 Å². The van der Waals surface area contributed by atoms with E-state index in [9.17, 15) is 0 Å². The first-order chi connectivity index (χ1) is 8.06. The molecule has 0 aliphatic heterocycles. The van der Waals surface area contributed by atoms with Crippen molar-refractivity contribution in [1.82, 2.24) is 0 Å². The SMILES string of the molecule is CC(=O)[O-].CCCCCC[n+]1cccc(C)c1. The van der Waals surface area contributed by atoms with Crippen molar-refractivity contribution in [2.45, 2.75) is 53.0 Å². The lowest BCUT2D eigenvalue weighted by Crippen LogP contribution is -2.32. The van der Waals surface area contributed by atoms with E-state index in [1.54, 1.807) is 0 Å². The Bertz CT molecular complexity index is 320. The number of rotatable bonds is 5. The number of hydrogen-bond donors (Lipinski definition) is 0. The molecule has 0 aliphatic rings. The van der Waals surface area contributed by atoms with Crippen LogP contribution in [0.1, 0.15) is 45.1 Å². The highest BCUT2D eigenvalue weighted by Gasteiger charge is 1.98. The maximum absolute atomic E-state index is 8.89. The van der Waals surface area contributed by atoms with Crippen molar-refractivity contribution in [2.24, 2.45) is 0 Å². The minimum atomic E-state index is -1.08. The predicted octanol–water partition coefficient (Wildman–Crippen LogP) is 1.62. The molecule has 0 atom stereocenters. The molecule has 0 fully saturated rings. The normalized spacial score (nSPS) is 9.35. The summed E-state index contributed by atoms with van der Waals surface area (Å²) in [4.78, 5) is 8.89. The zero-order valence-corrected chi connectivity index (χ0v) is 11.1. The molecule has 1 aromatic heterocycles. The van der Waals surface area contributed by atoms with Crippen LogP contribution in [0.15, 0.2) is 24.5 Å². The summed E-state index contributed by atoms with van der Waals surface area (Å²) in [6.07, 6.45) is 9.72. The summed E-state index contributed by atoms with van der Waals surface area (Å²) in [5, 5.41) is 8.89. The van der Waals surface area contributed by atoms with Gasteiger partial charge in [0, 0.05) is 24.0 Å². The Morgan fingerprint density at radius 1 is 1.35 bits per heavy atom. The second-order valence-corrected chi connectivity index (χ2v) is 4.17. The maximum atomic E-state index is 8.89. The Morgan fingerprint density at radius 3 is 2.53 bits per heavy atom. The molecule has 0 bridgehead atoms. The maximum Gasteiger partial charge on any atom is 0.171 e. The topological polar surface area (TPSA) is 44.0 Å². The van der Waals surface area contributed by atoms with E-state index in [-0.39, 0.29) is 0 Å². The van der Waals surface area contributed by atoms with Gasteiger partial charge in [0.25, 0.3) is 0 Å². The molecule has 0 saturated carbocycles. The molecular formula is C14H23NO2. The van der Waals surface area contributed by atoms with Crippen LogP contribution in [0.4, 0.5) is 0 Å². The van der Waals surface area contributed by atoms with E-state index in [2.05, 4.69) is 42.9 Å². The van der Waals surface area contributed by atoms with Crippen molar-refractivity contribution in [3.8, 4) is 0 Å². The Balaban J connectivity index is 0.000000557. The van der Waals surface area contributed by atoms with E-state index >= 15 is 0 Å². The average Bonchev–Trinajstić information content (AvgIpc) is 2.24. The Morgan fingerprint density at radius 2 is 2.00 bits per heavy atom. The van der Waals surface area contributed by atoms with Gasteiger partial charge in [-0.3, -0.25) is 0 Å². The molecule has 96 valence electrons. The monoisotopic (exact) mass is 237 g/mol. The number of carboxylic acid groups (broad SMARTS) is 1. The van der Waals surface area contributed by atoms with Crippen molar-refractivity contribution in [1.29, 1.82) is 0 Å². The third kappa shape index (κ3) is 10.9. The molecule has 3 nitrogen and oxygen atoms in total. The molecule has 3 heteroatoms. The lowest BCUT2D eigenvalue weighted by atomic mass is 10.2. The fourth-order valence-corrected chi connectivity index (χ4v) is 1.51. The highest BCUT2D eigenvalue weighted by atomic mass is 16.4. The van der Waals surface area contributed by atoms with E-state index in [4.69, 9.17) is 9.90 Å². The minimum Gasteiger partial charge on any atom is -0.550 e. The largest absolute Gasteiger partial charge is 0.550 e. The summed E-state index contributed by atoms with van der Waals surface area (Å²) in [7, 11) is 0. The number of carboxylic acids is 1. The molecular weight excluding hydrogens is 214 g/mol. The van der Waals surface area contributed by atoms with Crippen LogP contribution in [0.3, 0.4) is 0 Å². The van der Waals surface area contributed by atoms with E-state index in [1.807, 2.05) is 0 Å². The fourth-order valence-electron chi connectivity index (χ4n) is 1.51. The van der Waals surface area contributed by atoms with Gasteiger partial charge in [0.05, 0.1) is 0 Å². The molecule has 1 rings (SSSR count). The fraction of sp³-hybridized carbons (Fsp3) is 0.571. The van der Waals surface area contributed by atoms with Gasteiger partial charge in [-0.15, -0.1) is 0 Å². The summed E-state index contributed by atoms with van der Waals surface area (Å²) >= 11 is 0. The second-order valence-electron chi connectivity index (χ2n) is 4.17. The number of aryl methyl sites for hydroxylation is 2. The first kappa shape index (κ1) is 15.6. The number of unbranched alkanes of at least 4 members (excludes halogenated alkanes) is 3. The second kappa shape index (κ2) is 9.82. The molecule has 0 N–H and O–H groups in total. The number of carbonyl (C=O) groups excluding carboxylic acids is 1. The van der Waals surface area contributed by atoms with Gasteiger partial charge in [-0.2, -0.15) is 0 Å². The Kier molecular flexibility index (Phi) is 9.02. The third-order valence-electron chi connectivity index (χ3n) is 2.28. The van der Waals surface area contributed by atoms with Crippen LogP contribution in [0, 0.1) is 6.92 Å². The van der Waals surface area contributed by atoms with Crippen LogP contribution >= 0.6 is 0 Å². The van der Waals surface area contributed by atoms with Gasteiger partial charge in [0.15, 0.2) is 12.4 Å². The van der Waals surface area contributed by atoms with Crippen molar-refractivity contribution >= 4 is 5.97 Å². The Hall–Kier alpha value is -1.38. The molecule has 0 aliphatic carbocycles. The third-order valence-corrected chi connectivity index (χ3v) is 2.28. The summed E-state index contributed by atoms with van der Waals surface area (Å²) < 4.78 is 2.28. The highest BCUT2D eigenvalue weighted by molar-refractivity contribution is 5.60. The van der Waals surface area contributed by atoms with Crippen LogP contribution in [-0.4, -0.2) is 5.97 Å². The van der Waals surface area contributed by atoms with Gasteiger partial charge in [-0.05, 0) is 26.3 Å². The molecule has 0 unspecified atom stereocenters. The molecule has 0 saturated heterocycles. The first-order valence-electron chi connectivity index (χ1n) is 6.19. The van der Waals surface area contributed by atoms with Crippen LogP contribution < -0.4 is 9.67 Å². The number of aliphatic carboxylic acids is 1. The standard InChI is InChI=1S/C12H20N.C2H4O2/c1-3-4-5-6-9-13-10-7-8-12(2)11-13;1-2(3)4/h7-8,10-11H,3-6,9H2,1-2H3;1H3,(H,3,4)/q+1;/p-1. The Labute approximate surface area is 104 Å². The zero-order valence-electron chi connectivity index (χ0n) is 11.1. The smallest absolute Gasteiger partial charge is 0.171 e. The molecule has 0 spiro atoms. The molecule has 0 amide bonds. The summed E-state index contributed by atoms with van der Waals surface area (Å²) in [5.41, 5.74) is 1.35. The lowest BCUT2D eigenvalue weighted by molar-refractivity contribution is -0.697. The quantitative estimate of drug-likeness (QED) is 0.577. The predicted molar refractivity (Wildman–Crippen MR) is 66.2 cm³/mol. The van der Waals surface area contributed by atoms with E-state index in [0.717, 1.165) is 6.92 Å². The van der Waals surface area contributed by atoms with E-state index < -0.39 is 5.97 Å². The lowest BCUT2D eigenvalue weighted by Gasteiger charge is -1.97. The minimum absolute atomic E-state index is 0.972. The van der Waals surface area contributed by atoms with Gasteiger partial charge >= 0.3 is 0 Å². The van der Waals surface area contributed by atoms with Crippen LogP contribution in [-0.2, 0) is 11.3 Å². The van der Waals surface area contributed by atoms with Crippen molar-refractivity contribution in [3.05, 3.63) is 30.1 Å². The number of hydrogen-bond acceptors (Lipinski definition) is 2. The van der Waals surface area contributed by atoms with Gasteiger partial charge in [-0.1, -0.05) is 19.8 Å². The molecule has 1 aromatic rings. The average molecular weight is 237 g/mol. The number of nitrogens with zero attached hydrogens (tertiary/aromatic N) is 1. The van der Waals surface area contributed by atoms with Gasteiger partial charge in [0.1, 0.15) is 6.54 Å². The number of carbonyl (C=O) groups is 1. The first-order valence-corrected chi connectivity index (χ1v) is 6.19. The van der Waals surface area contributed by atoms with Crippen molar-refractivity contribution < 1.29 is 14.5 Å². The molecule has 0 radical (unpaired) electrons. The molecule has 17 heavy (non-hydrogen) atoms. The number of pyridine rings is 1. The van der Waals surface area contributed by atoms with Crippen LogP contribution in [0.2, 0.25) is 0 Å². The summed E-state index contributed by atoms with van der Waals surface area (Å²) in [6.45, 7) is 6.53.